The molecule has 19 heavy (non-hydrogen) atoms. The summed E-state index contributed by atoms with van der Waals surface area (Å²) in [5.41, 5.74) is 3.10. The van der Waals surface area contributed by atoms with Crippen LogP contribution in [-0.2, 0) is 11.2 Å². The smallest absolute Gasteiger partial charge is 0.248 e. The van der Waals surface area contributed by atoms with Gasteiger partial charge in [-0.05, 0) is 24.1 Å². The van der Waals surface area contributed by atoms with E-state index in [1.54, 1.807) is 6.20 Å². The lowest BCUT2D eigenvalue weighted by Crippen LogP contribution is -2.40. The van der Waals surface area contributed by atoms with E-state index >= 15 is 0 Å². The van der Waals surface area contributed by atoms with Gasteiger partial charge in [0.25, 0.3) is 0 Å². The number of rotatable bonds is 2. The molecule has 0 radical (unpaired) electrons. The van der Waals surface area contributed by atoms with Crippen molar-refractivity contribution in [2.45, 2.75) is 19.4 Å². The van der Waals surface area contributed by atoms with Crippen molar-refractivity contribution in [3.05, 3.63) is 53.7 Å². The first-order valence-corrected chi connectivity index (χ1v) is 6.30. The molecule has 2 aromatic rings. The van der Waals surface area contributed by atoms with Crippen LogP contribution in [-0.4, -0.2) is 16.9 Å². The molecule has 1 atom stereocenters. The van der Waals surface area contributed by atoms with Gasteiger partial charge >= 0.3 is 0 Å². The molecule has 96 valence electrons. The van der Waals surface area contributed by atoms with E-state index in [1.165, 1.54) is 0 Å². The Morgan fingerprint density at radius 2 is 2.05 bits per heavy atom. The highest BCUT2D eigenvalue weighted by molar-refractivity contribution is 6.01. The van der Waals surface area contributed by atoms with Crippen molar-refractivity contribution in [3.8, 4) is 0 Å². The molecule has 1 amide bonds. The summed E-state index contributed by atoms with van der Waals surface area (Å²) >= 11 is 0. The molecule has 4 nitrogen and oxygen atoms in total. The summed E-state index contributed by atoms with van der Waals surface area (Å²) in [6.45, 7) is 1.98. The van der Waals surface area contributed by atoms with Crippen LogP contribution >= 0.6 is 0 Å². The van der Waals surface area contributed by atoms with Crippen molar-refractivity contribution in [2.24, 2.45) is 0 Å². The minimum absolute atomic E-state index is 0.0345. The molecule has 1 aromatic heterocycles. The molecule has 1 aromatic carbocycles. The maximum Gasteiger partial charge on any atom is 0.248 e. The Labute approximate surface area is 111 Å². The van der Waals surface area contributed by atoms with E-state index < -0.39 is 0 Å². The number of hydrogen-bond acceptors (Lipinski definition) is 3. The van der Waals surface area contributed by atoms with Gasteiger partial charge in [-0.15, -0.1) is 0 Å². The first kappa shape index (κ1) is 11.7. The number of anilines is 2. The molecule has 0 bridgehead atoms. The van der Waals surface area contributed by atoms with Gasteiger partial charge in [0, 0.05) is 12.6 Å². The van der Waals surface area contributed by atoms with E-state index in [2.05, 4.69) is 15.6 Å². The quantitative estimate of drug-likeness (QED) is 0.864. The number of carbonyl (C=O) groups excluding carboxylic acids is 1. The Morgan fingerprint density at radius 3 is 2.84 bits per heavy atom. The molecular formula is C15H15N3O. The molecule has 0 aliphatic carbocycles. The average molecular weight is 253 g/mol. The summed E-state index contributed by atoms with van der Waals surface area (Å²) in [5.74, 6) is 0.576. The molecular weight excluding hydrogens is 238 g/mol. The van der Waals surface area contributed by atoms with Crippen LogP contribution in [0.25, 0.3) is 0 Å². The molecule has 2 heterocycles. The molecule has 3 rings (SSSR count). The molecule has 0 saturated carbocycles. The molecule has 4 heteroatoms. The van der Waals surface area contributed by atoms with Crippen LogP contribution in [0.3, 0.4) is 0 Å². The third kappa shape index (κ3) is 2.42. The van der Waals surface area contributed by atoms with Gasteiger partial charge in [-0.25, -0.2) is 4.98 Å². The summed E-state index contributed by atoms with van der Waals surface area (Å²) in [4.78, 5) is 16.2. The number of pyridine rings is 1. The zero-order valence-corrected chi connectivity index (χ0v) is 10.7. The van der Waals surface area contributed by atoms with Crippen molar-refractivity contribution in [1.29, 1.82) is 0 Å². The van der Waals surface area contributed by atoms with Gasteiger partial charge in [-0.2, -0.15) is 0 Å². The lowest BCUT2D eigenvalue weighted by Gasteiger charge is -2.26. The van der Waals surface area contributed by atoms with Crippen molar-refractivity contribution >= 4 is 17.4 Å². The average Bonchev–Trinajstić information content (AvgIpc) is 2.41. The Hall–Kier alpha value is -2.36. The predicted octanol–water partition coefficient (Wildman–Crippen LogP) is 2.37. The van der Waals surface area contributed by atoms with E-state index in [1.807, 2.05) is 43.3 Å². The fourth-order valence-corrected chi connectivity index (χ4v) is 2.23. The second-order valence-corrected chi connectivity index (χ2v) is 4.78. The summed E-state index contributed by atoms with van der Waals surface area (Å²) in [5, 5.41) is 6.11. The number of fused-ring (bicyclic) bond motifs is 1. The number of nitrogens with zero attached hydrogens (tertiary/aromatic N) is 1. The van der Waals surface area contributed by atoms with Crippen LogP contribution in [0.1, 0.15) is 11.1 Å². The molecule has 1 aliphatic heterocycles. The number of aromatic nitrogens is 1. The number of carbonyl (C=O) groups is 1. The largest absolute Gasteiger partial charge is 0.370 e. The van der Waals surface area contributed by atoms with Gasteiger partial charge in [0.05, 0.1) is 5.69 Å². The van der Waals surface area contributed by atoms with Crippen molar-refractivity contribution in [2.75, 3.05) is 10.6 Å². The summed E-state index contributed by atoms with van der Waals surface area (Å²) in [7, 11) is 0. The van der Waals surface area contributed by atoms with Crippen LogP contribution in [0.15, 0.2) is 42.6 Å². The van der Waals surface area contributed by atoms with Gasteiger partial charge < -0.3 is 10.6 Å². The zero-order chi connectivity index (χ0) is 13.2. The normalized spacial score (nSPS) is 17.3. The Kier molecular flexibility index (Phi) is 2.91. The molecule has 0 saturated heterocycles. The van der Waals surface area contributed by atoms with Gasteiger partial charge in [0.2, 0.25) is 5.91 Å². The molecule has 0 unspecified atom stereocenters. The maximum atomic E-state index is 12.0. The molecule has 0 fully saturated rings. The number of benzene rings is 1. The fraction of sp³-hybridized carbons (Fsp3) is 0.200. The standard InChI is InChI=1S/C15H15N3O/c1-10-7-12-14(16-9-10)18-15(19)13(17-12)8-11-5-3-2-4-6-11/h2-7,9,13,17H,8H2,1H3,(H,16,18,19)/t13-/m0/s1. The van der Waals surface area contributed by atoms with Crippen LogP contribution in [0.5, 0.6) is 0 Å². The highest BCUT2D eigenvalue weighted by atomic mass is 16.2. The number of hydrogen-bond donors (Lipinski definition) is 2. The predicted molar refractivity (Wildman–Crippen MR) is 75.2 cm³/mol. The summed E-state index contributed by atoms with van der Waals surface area (Å²) in [6, 6.07) is 11.7. The van der Waals surface area contributed by atoms with Gasteiger partial charge in [-0.3, -0.25) is 4.79 Å². The highest BCUT2D eigenvalue weighted by Crippen LogP contribution is 2.26. The van der Waals surface area contributed by atoms with Crippen molar-refractivity contribution < 1.29 is 4.79 Å². The Bertz CT molecular complexity index is 610. The zero-order valence-electron chi connectivity index (χ0n) is 10.7. The summed E-state index contributed by atoms with van der Waals surface area (Å²) < 4.78 is 0. The van der Waals surface area contributed by atoms with E-state index in [0.717, 1.165) is 16.8 Å². The molecule has 2 N–H and O–H groups in total. The van der Waals surface area contributed by atoms with E-state index in [9.17, 15) is 4.79 Å². The van der Waals surface area contributed by atoms with Gasteiger partial charge in [0.1, 0.15) is 6.04 Å². The first-order chi connectivity index (χ1) is 9.22. The van der Waals surface area contributed by atoms with Gasteiger partial charge in [0.15, 0.2) is 5.82 Å². The number of nitrogens with one attached hydrogen (secondary N) is 2. The minimum Gasteiger partial charge on any atom is -0.370 e. The Balaban J connectivity index is 1.83. The third-order valence-electron chi connectivity index (χ3n) is 3.19. The summed E-state index contributed by atoms with van der Waals surface area (Å²) in [6.07, 6.45) is 2.42. The lowest BCUT2D eigenvalue weighted by atomic mass is 10.0. The number of amides is 1. The minimum atomic E-state index is -0.251. The van der Waals surface area contributed by atoms with Crippen LogP contribution < -0.4 is 10.6 Å². The first-order valence-electron chi connectivity index (χ1n) is 6.30. The van der Waals surface area contributed by atoms with Crippen LogP contribution in [0.2, 0.25) is 0 Å². The van der Waals surface area contributed by atoms with Gasteiger partial charge in [-0.1, -0.05) is 30.3 Å². The fourth-order valence-electron chi connectivity index (χ4n) is 2.23. The van der Waals surface area contributed by atoms with E-state index in [-0.39, 0.29) is 11.9 Å². The lowest BCUT2D eigenvalue weighted by molar-refractivity contribution is -0.117. The van der Waals surface area contributed by atoms with Crippen molar-refractivity contribution in [1.82, 2.24) is 4.98 Å². The Morgan fingerprint density at radius 1 is 1.26 bits per heavy atom. The SMILES string of the molecule is Cc1cnc2c(c1)N[C@@H](Cc1ccccc1)C(=O)N2. The van der Waals surface area contributed by atoms with E-state index in [4.69, 9.17) is 0 Å². The van der Waals surface area contributed by atoms with E-state index in [0.29, 0.717) is 12.2 Å². The van der Waals surface area contributed by atoms with Crippen LogP contribution in [0.4, 0.5) is 11.5 Å². The monoisotopic (exact) mass is 253 g/mol. The topological polar surface area (TPSA) is 54.0 Å². The maximum absolute atomic E-state index is 12.0. The van der Waals surface area contributed by atoms with Crippen LogP contribution in [0, 0.1) is 6.92 Å². The highest BCUT2D eigenvalue weighted by Gasteiger charge is 2.26. The number of aryl methyl sites for hydroxylation is 1. The second kappa shape index (κ2) is 4.72. The molecule has 1 aliphatic rings. The molecule has 0 spiro atoms. The third-order valence-corrected chi connectivity index (χ3v) is 3.19. The van der Waals surface area contributed by atoms with Crippen molar-refractivity contribution in [3.63, 3.8) is 0 Å². The second-order valence-electron chi connectivity index (χ2n) is 4.78.